The van der Waals surface area contributed by atoms with Crippen LogP contribution >= 0.6 is 11.3 Å². The fraction of sp³-hybridized carbons (Fsp3) is 0.267. The Bertz CT molecular complexity index is 620. The van der Waals surface area contributed by atoms with Gasteiger partial charge in [0.05, 0.1) is 0 Å². The van der Waals surface area contributed by atoms with Gasteiger partial charge >= 0.3 is 5.97 Å². The average molecular weight is 289 g/mol. The molecule has 1 unspecified atom stereocenters. The summed E-state index contributed by atoms with van der Waals surface area (Å²) in [6.07, 6.45) is 0.898. The summed E-state index contributed by atoms with van der Waals surface area (Å²) in [5, 5.41) is 20.8. The van der Waals surface area contributed by atoms with Gasteiger partial charge in [-0.3, -0.25) is 9.69 Å². The van der Waals surface area contributed by atoms with Gasteiger partial charge in [0, 0.05) is 18.0 Å². The van der Waals surface area contributed by atoms with Crippen LogP contribution in [0.25, 0.3) is 0 Å². The first-order valence-electron chi connectivity index (χ1n) is 6.46. The Kier molecular flexibility index (Phi) is 3.46. The van der Waals surface area contributed by atoms with E-state index in [4.69, 9.17) is 0 Å². The summed E-state index contributed by atoms with van der Waals surface area (Å²) in [4.78, 5) is 14.7. The molecule has 20 heavy (non-hydrogen) atoms. The van der Waals surface area contributed by atoms with Crippen molar-refractivity contribution in [3.05, 3.63) is 51.7 Å². The summed E-state index contributed by atoms with van der Waals surface area (Å²) < 4.78 is 0. The molecule has 4 nitrogen and oxygen atoms in total. The monoisotopic (exact) mass is 289 g/mol. The number of carboxylic acids is 1. The maximum absolute atomic E-state index is 11.6. The summed E-state index contributed by atoms with van der Waals surface area (Å²) in [6.45, 7) is 1.32. The van der Waals surface area contributed by atoms with E-state index in [1.54, 1.807) is 23.5 Å². The molecule has 1 aliphatic rings. The van der Waals surface area contributed by atoms with Gasteiger partial charge in [-0.25, -0.2) is 0 Å². The van der Waals surface area contributed by atoms with Gasteiger partial charge < -0.3 is 10.2 Å². The number of aromatic hydroxyl groups is 1. The maximum Gasteiger partial charge on any atom is 0.325 e. The number of carboxylic acid groups (broad SMARTS) is 1. The van der Waals surface area contributed by atoms with Crippen molar-refractivity contribution in [2.45, 2.75) is 19.0 Å². The molecule has 0 saturated carbocycles. The third kappa shape index (κ3) is 2.42. The molecule has 0 bridgehead atoms. The second kappa shape index (κ2) is 5.26. The van der Waals surface area contributed by atoms with Crippen LogP contribution in [0.15, 0.2) is 35.7 Å². The van der Waals surface area contributed by atoms with Crippen LogP contribution in [-0.4, -0.2) is 27.6 Å². The van der Waals surface area contributed by atoms with Crippen molar-refractivity contribution in [3.8, 4) is 5.75 Å². The molecule has 3 rings (SSSR count). The lowest BCUT2D eigenvalue weighted by Crippen LogP contribution is -2.38. The van der Waals surface area contributed by atoms with Gasteiger partial charge in [-0.1, -0.05) is 12.1 Å². The van der Waals surface area contributed by atoms with E-state index in [9.17, 15) is 15.0 Å². The van der Waals surface area contributed by atoms with Crippen LogP contribution in [0.5, 0.6) is 5.75 Å². The standard InChI is InChI=1S/C15H15NO3S/c17-11-3-1-10(2-4-11)9-16-7-5-13-12(6-8-20-13)14(16)15(18)19/h1-4,6,8,14,17H,5,7,9H2,(H,18,19). The molecule has 1 aromatic heterocycles. The summed E-state index contributed by atoms with van der Waals surface area (Å²) >= 11 is 1.63. The van der Waals surface area contributed by atoms with Crippen molar-refractivity contribution in [2.24, 2.45) is 0 Å². The summed E-state index contributed by atoms with van der Waals surface area (Å²) in [5.74, 6) is -0.578. The SMILES string of the molecule is O=C(O)C1c2ccsc2CCN1Cc1ccc(O)cc1. The maximum atomic E-state index is 11.6. The van der Waals surface area contributed by atoms with Crippen LogP contribution in [0.1, 0.15) is 22.0 Å². The van der Waals surface area contributed by atoms with E-state index in [-0.39, 0.29) is 5.75 Å². The Balaban J connectivity index is 1.86. The van der Waals surface area contributed by atoms with Gasteiger partial charge in [0.25, 0.3) is 0 Å². The van der Waals surface area contributed by atoms with E-state index in [0.29, 0.717) is 6.54 Å². The van der Waals surface area contributed by atoms with E-state index < -0.39 is 12.0 Å². The third-order valence-corrected chi connectivity index (χ3v) is 4.62. The minimum atomic E-state index is -0.803. The molecular weight excluding hydrogens is 274 g/mol. The zero-order valence-corrected chi connectivity index (χ0v) is 11.6. The highest BCUT2D eigenvalue weighted by atomic mass is 32.1. The predicted octanol–water partition coefficient (Wildman–Crippen LogP) is 2.64. The smallest absolute Gasteiger partial charge is 0.325 e. The van der Waals surface area contributed by atoms with Crippen LogP contribution in [0.4, 0.5) is 0 Å². The van der Waals surface area contributed by atoms with E-state index in [0.717, 1.165) is 24.1 Å². The molecule has 2 N–H and O–H groups in total. The molecule has 1 aliphatic heterocycles. The zero-order valence-electron chi connectivity index (χ0n) is 10.8. The van der Waals surface area contributed by atoms with E-state index in [1.165, 1.54) is 4.88 Å². The Morgan fingerprint density at radius 1 is 1.30 bits per heavy atom. The fourth-order valence-corrected chi connectivity index (χ4v) is 3.57. The summed E-state index contributed by atoms with van der Waals surface area (Å²) in [5.41, 5.74) is 1.93. The third-order valence-electron chi connectivity index (χ3n) is 3.62. The minimum Gasteiger partial charge on any atom is -0.508 e. The predicted molar refractivity (Wildman–Crippen MR) is 76.9 cm³/mol. The number of aliphatic carboxylic acids is 1. The molecular formula is C15H15NO3S. The van der Waals surface area contributed by atoms with Crippen LogP contribution in [-0.2, 0) is 17.8 Å². The summed E-state index contributed by atoms with van der Waals surface area (Å²) in [6, 6.07) is 8.27. The molecule has 5 heteroatoms. The lowest BCUT2D eigenvalue weighted by atomic mass is 9.99. The fourth-order valence-electron chi connectivity index (χ4n) is 2.66. The van der Waals surface area contributed by atoms with Crippen molar-refractivity contribution >= 4 is 17.3 Å². The lowest BCUT2D eigenvalue weighted by molar-refractivity contribution is -0.144. The number of phenolic OH excluding ortho intramolecular Hbond substituents is 1. The molecule has 0 fully saturated rings. The first-order chi connectivity index (χ1) is 9.65. The second-order valence-electron chi connectivity index (χ2n) is 4.93. The minimum absolute atomic E-state index is 0.224. The van der Waals surface area contributed by atoms with Crippen LogP contribution in [0.3, 0.4) is 0 Å². The second-order valence-corrected chi connectivity index (χ2v) is 5.93. The van der Waals surface area contributed by atoms with E-state index in [1.807, 2.05) is 28.5 Å². The Morgan fingerprint density at radius 3 is 2.75 bits per heavy atom. The number of thiophene rings is 1. The van der Waals surface area contributed by atoms with Gasteiger partial charge in [-0.15, -0.1) is 11.3 Å². The van der Waals surface area contributed by atoms with E-state index in [2.05, 4.69) is 0 Å². The van der Waals surface area contributed by atoms with Crippen molar-refractivity contribution in [1.82, 2.24) is 4.90 Å². The normalized spacial score (nSPS) is 18.7. The highest BCUT2D eigenvalue weighted by Crippen LogP contribution is 2.34. The number of fused-ring (bicyclic) bond motifs is 1. The van der Waals surface area contributed by atoms with Crippen molar-refractivity contribution in [1.29, 1.82) is 0 Å². The van der Waals surface area contributed by atoms with Crippen molar-refractivity contribution < 1.29 is 15.0 Å². The Hall–Kier alpha value is -1.85. The quantitative estimate of drug-likeness (QED) is 0.912. The van der Waals surface area contributed by atoms with Crippen molar-refractivity contribution in [2.75, 3.05) is 6.54 Å². The van der Waals surface area contributed by atoms with Gasteiger partial charge in [0.15, 0.2) is 0 Å². The topological polar surface area (TPSA) is 60.8 Å². The highest BCUT2D eigenvalue weighted by Gasteiger charge is 2.33. The molecule has 0 amide bonds. The van der Waals surface area contributed by atoms with Gasteiger partial charge in [0.2, 0.25) is 0 Å². The average Bonchev–Trinajstić information content (AvgIpc) is 2.89. The number of rotatable bonds is 3. The van der Waals surface area contributed by atoms with Crippen LogP contribution < -0.4 is 0 Å². The van der Waals surface area contributed by atoms with Crippen LogP contribution in [0.2, 0.25) is 0 Å². The summed E-state index contributed by atoms with van der Waals surface area (Å²) in [7, 11) is 0. The molecule has 0 radical (unpaired) electrons. The highest BCUT2D eigenvalue weighted by molar-refractivity contribution is 7.10. The van der Waals surface area contributed by atoms with Crippen LogP contribution in [0, 0.1) is 0 Å². The molecule has 1 atom stereocenters. The molecule has 2 aromatic rings. The molecule has 2 heterocycles. The Morgan fingerprint density at radius 2 is 2.05 bits per heavy atom. The number of nitrogens with zero attached hydrogens (tertiary/aromatic N) is 1. The van der Waals surface area contributed by atoms with Gasteiger partial charge in [-0.05, 0) is 41.1 Å². The Labute approximate surface area is 120 Å². The molecule has 104 valence electrons. The first kappa shape index (κ1) is 13.1. The number of phenols is 1. The molecule has 0 saturated heterocycles. The molecule has 0 spiro atoms. The lowest BCUT2D eigenvalue weighted by Gasteiger charge is -2.33. The molecule has 1 aromatic carbocycles. The first-order valence-corrected chi connectivity index (χ1v) is 7.34. The number of carbonyl (C=O) groups is 1. The van der Waals surface area contributed by atoms with E-state index >= 15 is 0 Å². The van der Waals surface area contributed by atoms with Crippen molar-refractivity contribution in [3.63, 3.8) is 0 Å². The zero-order chi connectivity index (χ0) is 14.1. The molecule has 0 aliphatic carbocycles. The number of hydrogen-bond donors (Lipinski definition) is 2. The van der Waals surface area contributed by atoms with Gasteiger partial charge in [0.1, 0.15) is 11.8 Å². The van der Waals surface area contributed by atoms with Gasteiger partial charge in [-0.2, -0.15) is 0 Å². The largest absolute Gasteiger partial charge is 0.508 e. The number of benzene rings is 1. The number of hydrogen-bond acceptors (Lipinski definition) is 4.